The van der Waals surface area contributed by atoms with Crippen molar-refractivity contribution in [3.8, 4) is 0 Å². The maximum absolute atomic E-state index is 13.2. The number of hydrogen-bond donors (Lipinski definition) is 1. The smallest absolute Gasteiger partial charge is 0.278 e. The molecule has 2 heterocycles. The molecule has 26 heavy (non-hydrogen) atoms. The normalized spacial score (nSPS) is 12.8. The lowest BCUT2D eigenvalue weighted by atomic mass is 10.2. The van der Waals surface area contributed by atoms with Gasteiger partial charge in [-0.05, 0) is 36.2 Å². The Balaban J connectivity index is 1.51. The standard InChI is InChI=1S/C19H14ClFN4O/c20-14-9-13(5-6-15(14)21)24-18-11-22-16(10-23-18)19(26)25-8-7-12-3-1-2-4-17(12)25/h1-6,9-11H,7-8H2,(H,23,24). The summed E-state index contributed by atoms with van der Waals surface area (Å²) < 4.78 is 13.2. The largest absolute Gasteiger partial charge is 0.339 e. The molecule has 1 aliphatic rings. The number of aromatic nitrogens is 2. The molecule has 5 nitrogen and oxygen atoms in total. The second kappa shape index (κ2) is 6.72. The first kappa shape index (κ1) is 16.5. The number of carbonyl (C=O) groups is 1. The Morgan fingerprint density at radius 2 is 2.00 bits per heavy atom. The Morgan fingerprint density at radius 3 is 2.77 bits per heavy atom. The van der Waals surface area contributed by atoms with Crippen LogP contribution in [0.1, 0.15) is 16.1 Å². The Kier molecular flexibility index (Phi) is 4.26. The van der Waals surface area contributed by atoms with E-state index in [-0.39, 0.29) is 16.6 Å². The van der Waals surface area contributed by atoms with E-state index in [9.17, 15) is 9.18 Å². The molecule has 0 aliphatic carbocycles. The van der Waals surface area contributed by atoms with E-state index < -0.39 is 5.82 Å². The minimum atomic E-state index is -0.491. The molecule has 2 aromatic carbocycles. The van der Waals surface area contributed by atoms with E-state index in [1.165, 1.54) is 24.5 Å². The van der Waals surface area contributed by atoms with Gasteiger partial charge >= 0.3 is 0 Å². The first-order chi connectivity index (χ1) is 12.6. The number of nitrogens with one attached hydrogen (secondary N) is 1. The van der Waals surface area contributed by atoms with E-state index >= 15 is 0 Å². The molecule has 1 aliphatic heterocycles. The number of hydrogen-bond acceptors (Lipinski definition) is 4. The van der Waals surface area contributed by atoms with Gasteiger partial charge in [0.05, 0.1) is 17.4 Å². The average Bonchev–Trinajstić information content (AvgIpc) is 3.09. The van der Waals surface area contributed by atoms with Crippen molar-refractivity contribution < 1.29 is 9.18 Å². The third-order valence-corrected chi connectivity index (χ3v) is 4.48. The van der Waals surface area contributed by atoms with Crippen molar-refractivity contribution in [1.29, 1.82) is 0 Å². The van der Waals surface area contributed by atoms with Gasteiger partial charge in [-0.3, -0.25) is 4.79 Å². The van der Waals surface area contributed by atoms with Crippen molar-refractivity contribution in [3.05, 3.63) is 77.0 Å². The van der Waals surface area contributed by atoms with Gasteiger partial charge in [-0.25, -0.2) is 14.4 Å². The maximum atomic E-state index is 13.2. The van der Waals surface area contributed by atoms with E-state index in [2.05, 4.69) is 15.3 Å². The van der Waals surface area contributed by atoms with Gasteiger partial charge in [0.15, 0.2) is 0 Å². The van der Waals surface area contributed by atoms with Crippen molar-refractivity contribution in [2.24, 2.45) is 0 Å². The van der Waals surface area contributed by atoms with Crippen LogP contribution >= 0.6 is 11.6 Å². The highest BCUT2D eigenvalue weighted by Crippen LogP contribution is 2.28. The Bertz CT molecular complexity index is 978. The third kappa shape index (κ3) is 3.11. The Morgan fingerprint density at radius 1 is 1.15 bits per heavy atom. The first-order valence-corrected chi connectivity index (χ1v) is 8.43. The summed E-state index contributed by atoms with van der Waals surface area (Å²) >= 11 is 5.76. The molecule has 1 aromatic heterocycles. The van der Waals surface area contributed by atoms with Crippen LogP contribution in [-0.4, -0.2) is 22.4 Å². The summed E-state index contributed by atoms with van der Waals surface area (Å²) in [4.78, 5) is 22.8. The molecule has 0 spiro atoms. The zero-order valence-corrected chi connectivity index (χ0v) is 14.4. The van der Waals surface area contributed by atoms with Gasteiger partial charge in [0.1, 0.15) is 17.3 Å². The predicted molar refractivity (Wildman–Crippen MR) is 98.5 cm³/mol. The van der Waals surface area contributed by atoms with Crippen molar-refractivity contribution in [1.82, 2.24) is 9.97 Å². The van der Waals surface area contributed by atoms with Gasteiger partial charge in [-0.2, -0.15) is 0 Å². The molecular formula is C19H14ClFN4O. The minimum absolute atomic E-state index is 0.0162. The molecule has 0 fully saturated rings. The van der Waals surface area contributed by atoms with E-state index in [0.717, 1.165) is 17.7 Å². The Hall–Kier alpha value is -2.99. The fourth-order valence-corrected chi connectivity index (χ4v) is 3.09. The van der Waals surface area contributed by atoms with E-state index in [1.807, 2.05) is 24.3 Å². The number of amides is 1. The molecule has 3 aromatic rings. The molecule has 0 unspecified atom stereocenters. The molecule has 130 valence electrons. The minimum Gasteiger partial charge on any atom is -0.339 e. The van der Waals surface area contributed by atoms with Crippen LogP contribution in [0.4, 0.5) is 21.6 Å². The third-order valence-electron chi connectivity index (χ3n) is 4.20. The van der Waals surface area contributed by atoms with Gasteiger partial charge in [0.2, 0.25) is 0 Å². The molecule has 4 rings (SSSR count). The summed E-state index contributed by atoms with van der Waals surface area (Å²) in [6.07, 6.45) is 3.73. The lowest BCUT2D eigenvalue weighted by Gasteiger charge is -2.16. The quantitative estimate of drug-likeness (QED) is 0.752. The van der Waals surface area contributed by atoms with Crippen LogP contribution < -0.4 is 10.2 Å². The summed E-state index contributed by atoms with van der Waals surface area (Å²) in [5.74, 6) is -0.236. The van der Waals surface area contributed by atoms with Crippen LogP contribution in [0, 0.1) is 5.82 Å². The highest BCUT2D eigenvalue weighted by atomic mass is 35.5. The Labute approximate surface area is 154 Å². The number of carbonyl (C=O) groups excluding carboxylic acids is 1. The summed E-state index contributed by atoms with van der Waals surface area (Å²) in [5.41, 5.74) is 2.92. The molecule has 1 N–H and O–H groups in total. The van der Waals surface area contributed by atoms with E-state index in [0.29, 0.717) is 18.1 Å². The number of rotatable bonds is 3. The fourth-order valence-electron chi connectivity index (χ4n) is 2.91. The molecule has 0 bridgehead atoms. The van der Waals surface area contributed by atoms with Crippen LogP contribution in [0.2, 0.25) is 5.02 Å². The zero-order chi connectivity index (χ0) is 18.1. The molecule has 0 radical (unpaired) electrons. The monoisotopic (exact) mass is 368 g/mol. The maximum Gasteiger partial charge on any atom is 0.278 e. The highest BCUT2D eigenvalue weighted by molar-refractivity contribution is 6.31. The van der Waals surface area contributed by atoms with Crippen LogP contribution in [0.3, 0.4) is 0 Å². The SMILES string of the molecule is O=C(c1cnc(Nc2ccc(F)c(Cl)c2)cn1)N1CCc2ccccc21. The molecule has 7 heteroatoms. The number of benzene rings is 2. The average molecular weight is 369 g/mol. The van der Waals surface area contributed by atoms with Gasteiger partial charge < -0.3 is 10.2 Å². The van der Waals surface area contributed by atoms with Gasteiger partial charge in [-0.15, -0.1) is 0 Å². The highest BCUT2D eigenvalue weighted by Gasteiger charge is 2.26. The molecule has 0 saturated heterocycles. The van der Waals surface area contributed by atoms with Gasteiger partial charge in [0.25, 0.3) is 5.91 Å². The summed E-state index contributed by atoms with van der Waals surface area (Å²) in [5, 5.41) is 2.99. The van der Waals surface area contributed by atoms with Gasteiger partial charge in [-0.1, -0.05) is 29.8 Å². The number of anilines is 3. The van der Waals surface area contributed by atoms with Crippen LogP contribution in [0.5, 0.6) is 0 Å². The van der Waals surface area contributed by atoms with Crippen molar-refractivity contribution >= 4 is 34.7 Å². The first-order valence-electron chi connectivity index (χ1n) is 8.06. The topological polar surface area (TPSA) is 58.1 Å². The van der Waals surface area contributed by atoms with Crippen LogP contribution in [-0.2, 0) is 6.42 Å². The fraction of sp³-hybridized carbons (Fsp3) is 0.105. The van der Waals surface area contributed by atoms with E-state index in [4.69, 9.17) is 11.6 Å². The summed E-state index contributed by atoms with van der Waals surface area (Å²) in [6.45, 7) is 0.633. The molecular weight excluding hydrogens is 355 g/mol. The number of halogens is 2. The molecule has 0 saturated carbocycles. The number of fused-ring (bicyclic) bond motifs is 1. The van der Waals surface area contributed by atoms with E-state index in [1.54, 1.807) is 11.0 Å². The zero-order valence-electron chi connectivity index (χ0n) is 13.6. The molecule has 1 amide bonds. The van der Waals surface area contributed by atoms with Crippen molar-refractivity contribution in [2.45, 2.75) is 6.42 Å². The summed E-state index contributed by atoms with van der Waals surface area (Å²) in [7, 11) is 0. The van der Waals surface area contributed by atoms with Crippen molar-refractivity contribution in [2.75, 3.05) is 16.8 Å². The number of nitrogens with zero attached hydrogens (tertiary/aromatic N) is 3. The lowest BCUT2D eigenvalue weighted by Crippen LogP contribution is -2.29. The lowest BCUT2D eigenvalue weighted by molar-refractivity contribution is 0.0984. The predicted octanol–water partition coefficient (Wildman–Crippen LogP) is 4.22. The van der Waals surface area contributed by atoms with Gasteiger partial charge in [0, 0.05) is 17.9 Å². The number of para-hydroxylation sites is 1. The second-order valence-corrected chi connectivity index (χ2v) is 6.28. The second-order valence-electron chi connectivity index (χ2n) is 5.88. The van der Waals surface area contributed by atoms with Crippen molar-refractivity contribution in [3.63, 3.8) is 0 Å². The molecule has 0 atom stereocenters. The summed E-state index contributed by atoms with van der Waals surface area (Å²) in [6, 6.07) is 12.1. The van der Waals surface area contributed by atoms with Crippen LogP contribution in [0.25, 0.3) is 0 Å². The van der Waals surface area contributed by atoms with Crippen LogP contribution in [0.15, 0.2) is 54.9 Å².